The molecule has 0 saturated carbocycles. The summed E-state index contributed by atoms with van der Waals surface area (Å²) in [6, 6.07) is 8.65. The van der Waals surface area contributed by atoms with E-state index in [9.17, 15) is 21.2 Å². The summed E-state index contributed by atoms with van der Waals surface area (Å²) in [6.45, 7) is -0.341. The molecule has 0 amide bonds. The number of sulfone groups is 1. The number of halogens is 1. The summed E-state index contributed by atoms with van der Waals surface area (Å²) >= 11 is 0. The first kappa shape index (κ1) is 19.6. The Balaban J connectivity index is 1.79. The summed E-state index contributed by atoms with van der Waals surface area (Å²) in [5.41, 5.74) is 0. The van der Waals surface area contributed by atoms with Crippen molar-refractivity contribution in [2.24, 2.45) is 0 Å². The lowest BCUT2D eigenvalue weighted by Gasteiger charge is -2.37. The molecule has 1 aliphatic heterocycles. The number of rotatable bonds is 6. The van der Waals surface area contributed by atoms with E-state index < -0.39 is 30.9 Å². The van der Waals surface area contributed by atoms with Gasteiger partial charge in [0.2, 0.25) is 10.0 Å². The zero-order valence-corrected chi connectivity index (χ0v) is 16.3. The first-order chi connectivity index (χ1) is 12.7. The van der Waals surface area contributed by atoms with E-state index in [4.69, 9.17) is 9.47 Å². The number of sulfonamides is 1. The van der Waals surface area contributed by atoms with Crippen LogP contribution in [0.3, 0.4) is 0 Å². The Morgan fingerprint density at radius 3 is 2.00 bits per heavy atom. The van der Waals surface area contributed by atoms with Crippen molar-refractivity contribution in [1.29, 1.82) is 0 Å². The molecule has 1 aliphatic rings. The molecule has 27 heavy (non-hydrogen) atoms. The van der Waals surface area contributed by atoms with Crippen LogP contribution in [0.4, 0.5) is 4.39 Å². The lowest BCUT2D eigenvalue weighted by molar-refractivity contribution is 0.309. The highest BCUT2D eigenvalue weighted by Crippen LogP contribution is 2.33. The summed E-state index contributed by atoms with van der Waals surface area (Å²) in [7, 11) is -4.78. The average Bonchev–Trinajstić information content (AvgIpc) is 2.59. The Hall–Kier alpha value is -2.17. The van der Waals surface area contributed by atoms with Gasteiger partial charge >= 0.3 is 0 Å². The Bertz CT molecular complexity index is 1050. The van der Waals surface area contributed by atoms with Crippen LogP contribution in [0.15, 0.2) is 52.3 Å². The van der Waals surface area contributed by atoms with Crippen molar-refractivity contribution >= 4 is 19.9 Å². The van der Waals surface area contributed by atoms with E-state index >= 15 is 0 Å². The van der Waals surface area contributed by atoms with E-state index in [2.05, 4.69) is 0 Å². The minimum atomic E-state index is -3.87. The number of ether oxygens (including phenoxy) is 2. The maximum atomic E-state index is 13.0. The molecule has 0 aromatic heterocycles. The molecule has 0 radical (unpaired) electrons. The van der Waals surface area contributed by atoms with Crippen LogP contribution in [0.25, 0.3) is 0 Å². The monoisotopic (exact) mass is 415 g/mol. The molecule has 3 rings (SSSR count). The average molecular weight is 415 g/mol. The molecule has 146 valence electrons. The number of hydrogen-bond donors (Lipinski definition) is 0. The largest absolute Gasteiger partial charge is 0.493 e. The molecule has 0 N–H and O–H groups in total. The van der Waals surface area contributed by atoms with Gasteiger partial charge in [-0.1, -0.05) is 0 Å². The fourth-order valence-corrected chi connectivity index (χ4v) is 6.12. The molecule has 0 atom stereocenters. The van der Waals surface area contributed by atoms with Crippen molar-refractivity contribution in [1.82, 2.24) is 4.31 Å². The van der Waals surface area contributed by atoms with Crippen molar-refractivity contribution in [3.8, 4) is 11.5 Å². The first-order valence-corrected chi connectivity index (χ1v) is 10.9. The summed E-state index contributed by atoms with van der Waals surface area (Å²) in [4.78, 5) is -0.0464. The molecule has 1 fully saturated rings. The third kappa shape index (κ3) is 3.52. The maximum Gasteiger partial charge on any atom is 0.243 e. The highest BCUT2D eigenvalue weighted by atomic mass is 32.2. The highest BCUT2D eigenvalue weighted by Gasteiger charge is 2.44. The third-order valence-corrected chi connectivity index (χ3v) is 8.32. The Morgan fingerprint density at radius 1 is 0.889 bits per heavy atom. The van der Waals surface area contributed by atoms with Gasteiger partial charge in [0.05, 0.1) is 29.3 Å². The lowest BCUT2D eigenvalue weighted by atomic mass is 10.3. The Kier molecular flexibility index (Phi) is 5.15. The lowest BCUT2D eigenvalue weighted by Crippen LogP contribution is -2.56. The van der Waals surface area contributed by atoms with Gasteiger partial charge in [-0.05, 0) is 36.4 Å². The van der Waals surface area contributed by atoms with E-state index in [1.165, 1.54) is 44.6 Å². The molecule has 0 spiro atoms. The third-order valence-electron chi connectivity index (χ3n) is 4.39. The van der Waals surface area contributed by atoms with E-state index in [1.54, 1.807) is 0 Å². The van der Waals surface area contributed by atoms with Gasteiger partial charge in [-0.3, -0.25) is 0 Å². The zero-order valence-electron chi connectivity index (χ0n) is 14.6. The molecular weight excluding hydrogens is 397 g/mol. The van der Waals surface area contributed by atoms with Crippen LogP contribution in [0.2, 0.25) is 0 Å². The first-order valence-electron chi connectivity index (χ1n) is 7.92. The molecule has 10 heteroatoms. The highest BCUT2D eigenvalue weighted by molar-refractivity contribution is 7.92. The van der Waals surface area contributed by atoms with E-state index in [1.807, 2.05) is 0 Å². The van der Waals surface area contributed by atoms with Crippen LogP contribution in [0, 0.1) is 5.82 Å². The van der Waals surface area contributed by atoms with Crippen LogP contribution in [-0.4, -0.2) is 53.7 Å². The minimum absolute atomic E-state index is 0.0159. The minimum Gasteiger partial charge on any atom is -0.493 e. The second-order valence-corrected chi connectivity index (χ2v) is 10.1. The van der Waals surface area contributed by atoms with E-state index in [-0.39, 0.29) is 28.6 Å². The molecule has 0 aliphatic carbocycles. The number of hydrogen-bond acceptors (Lipinski definition) is 6. The van der Waals surface area contributed by atoms with Gasteiger partial charge in [0, 0.05) is 19.2 Å². The predicted octanol–water partition coefficient (Wildman–Crippen LogP) is 1.69. The summed E-state index contributed by atoms with van der Waals surface area (Å²) in [5, 5.41) is -0.877. The van der Waals surface area contributed by atoms with Crippen molar-refractivity contribution in [3.05, 3.63) is 48.3 Å². The quantitative estimate of drug-likeness (QED) is 0.667. The van der Waals surface area contributed by atoms with Crippen molar-refractivity contribution in [2.45, 2.75) is 15.0 Å². The number of nitrogens with zero attached hydrogens (tertiary/aromatic N) is 1. The van der Waals surface area contributed by atoms with Crippen molar-refractivity contribution in [2.75, 3.05) is 27.3 Å². The van der Waals surface area contributed by atoms with Gasteiger partial charge < -0.3 is 9.47 Å². The Labute approximate surface area is 157 Å². The van der Waals surface area contributed by atoms with Crippen LogP contribution in [0.5, 0.6) is 11.5 Å². The predicted molar refractivity (Wildman–Crippen MR) is 95.7 cm³/mol. The van der Waals surface area contributed by atoms with Gasteiger partial charge in [-0.2, -0.15) is 4.31 Å². The molecule has 1 heterocycles. The van der Waals surface area contributed by atoms with Gasteiger partial charge in [-0.15, -0.1) is 0 Å². The van der Waals surface area contributed by atoms with Gasteiger partial charge in [0.1, 0.15) is 5.82 Å². The molecular formula is C17H18FNO6S2. The van der Waals surface area contributed by atoms with E-state index in [0.717, 1.165) is 16.4 Å². The summed E-state index contributed by atoms with van der Waals surface area (Å²) in [6.07, 6.45) is 0. The zero-order chi connectivity index (χ0) is 19.8. The second-order valence-electron chi connectivity index (χ2n) is 5.96. The van der Waals surface area contributed by atoms with Crippen LogP contribution in [-0.2, 0) is 19.9 Å². The topological polar surface area (TPSA) is 90.0 Å². The molecule has 0 unspecified atom stereocenters. The standard InChI is InChI=1S/C17H18FNO6S2/c1-24-16-8-7-14(9-17(16)25-2)27(22,23)19-10-15(11-19)26(20,21)13-5-3-12(18)4-6-13/h3-9,15H,10-11H2,1-2H3. The van der Waals surface area contributed by atoms with Crippen LogP contribution in [0.1, 0.15) is 0 Å². The van der Waals surface area contributed by atoms with Gasteiger partial charge in [0.15, 0.2) is 21.3 Å². The van der Waals surface area contributed by atoms with Crippen molar-refractivity contribution in [3.63, 3.8) is 0 Å². The van der Waals surface area contributed by atoms with E-state index in [0.29, 0.717) is 5.75 Å². The molecule has 2 aromatic rings. The fraction of sp³-hybridized carbons (Fsp3) is 0.294. The molecule has 2 aromatic carbocycles. The smallest absolute Gasteiger partial charge is 0.243 e. The van der Waals surface area contributed by atoms with Gasteiger partial charge in [0.25, 0.3) is 0 Å². The van der Waals surface area contributed by atoms with Crippen LogP contribution >= 0.6 is 0 Å². The normalized spacial score (nSPS) is 16.0. The number of benzene rings is 2. The second kappa shape index (κ2) is 7.10. The van der Waals surface area contributed by atoms with Crippen molar-refractivity contribution < 1.29 is 30.7 Å². The summed E-state index contributed by atoms with van der Waals surface area (Å²) in [5.74, 6) is 0.103. The molecule has 0 bridgehead atoms. The maximum absolute atomic E-state index is 13.0. The molecule has 7 nitrogen and oxygen atoms in total. The fourth-order valence-electron chi connectivity index (χ4n) is 2.74. The SMILES string of the molecule is COc1ccc(S(=O)(=O)N2CC(S(=O)(=O)c3ccc(F)cc3)C2)cc1OC. The number of methoxy groups -OCH3 is 2. The van der Waals surface area contributed by atoms with Gasteiger partial charge in [-0.25, -0.2) is 21.2 Å². The molecule has 1 saturated heterocycles. The van der Waals surface area contributed by atoms with Crippen LogP contribution < -0.4 is 9.47 Å². The summed E-state index contributed by atoms with van der Waals surface area (Å²) < 4.78 is 74.8. The Morgan fingerprint density at radius 2 is 1.44 bits per heavy atom.